The predicted octanol–water partition coefficient (Wildman–Crippen LogP) is 1.64. The van der Waals surface area contributed by atoms with Crippen molar-refractivity contribution >= 4 is 0 Å². The average molecular weight is 513 g/mol. The molecule has 2 saturated carbocycles. The first-order chi connectivity index (χ1) is 13.0. The minimum absolute atomic E-state index is 0. The normalized spacial score (nSPS) is 42.0. The summed E-state index contributed by atoms with van der Waals surface area (Å²) in [6, 6.07) is 0. The van der Waals surface area contributed by atoms with E-state index in [4.69, 9.17) is 0 Å². The van der Waals surface area contributed by atoms with E-state index in [-0.39, 0.29) is 24.8 Å². The van der Waals surface area contributed by atoms with Crippen molar-refractivity contribution in [1.29, 1.82) is 0 Å². The monoisotopic (exact) mass is 510 g/mol. The van der Waals surface area contributed by atoms with Crippen LogP contribution in [0, 0.1) is 47.3 Å². The van der Waals surface area contributed by atoms with Crippen molar-refractivity contribution in [3.05, 3.63) is 48.6 Å². The van der Waals surface area contributed by atoms with Gasteiger partial charge in [0.05, 0.1) is 0 Å². The van der Waals surface area contributed by atoms with E-state index in [1.165, 1.54) is 12.8 Å². The molecule has 8 atom stereocenters. The van der Waals surface area contributed by atoms with Gasteiger partial charge in [-0.25, -0.2) is 0 Å². The van der Waals surface area contributed by atoms with Crippen LogP contribution in [0.25, 0.3) is 0 Å². The third-order valence-corrected chi connectivity index (χ3v) is 23.9. The van der Waals surface area contributed by atoms with Crippen LogP contribution in [0.15, 0.2) is 48.6 Å². The molecule has 5 rings (SSSR count). The minimum atomic E-state index is -2.17. The van der Waals surface area contributed by atoms with Crippen LogP contribution in [-0.2, 0) is 20.3 Å². The molecule has 0 aromatic carbocycles. The van der Waals surface area contributed by atoms with Crippen LogP contribution in [0.2, 0.25) is 15.5 Å². The molecular weight excluding hydrogens is 474 g/mol. The predicted molar refractivity (Wildman–Crippen MR) is 114 cm³/mol. The van der Waals surface area contributed by atoms with Gasteiger partial charge >= 0.3 is 172 Å². The van der Waals surface area contributed by atoms with Crippen LogP contribution in [-0.4, -0.2) is 0 Å². The zero-order valence-corrected chi connectivity index (χ0v) is 22.4. The summed E-state index contributed by atoms with van der Waals surface area (Å²) in [4.78, 5) is 0. The Morgan fingerprint density at radius 2 is 1.00 bits per heavy atom. The molecular formula is C26H38Cl2Zr. The molecule has 0 aromatic rings. The quantitative estimate of drug-likeness (QED) is 0.538. The molecule has 4 aliphatic carbocycles. The number of hydrogen-bond acceptors (Lipinski definition) is 0. The van der Waals surface area contributed by atoms with E-state index in [1.54, 1.807) is 8.26 Å². The molecule has 5 aliphatic rings. The summed E-state index contributed by atoms with van der Waals surface area (Å²) in [5.74, 6) is 7.25. The molecule has 3 fully saturated rings. The molecule has 1 heterocycles. The number of fused-ring (bicyclic) bond motifs is 2. The second-order valence-corrected chi connectivity index (χ2v) is 22.9. The number of allylic oxidation sites excluding steroid dienone is 8. The van der Waals surface area contributed by atoms with Gasteiger partial charge in [0.15, 0.2) is 0 Å². The summed E-state index contributed by atoms with van der Waals surface area (Å²) in [5, 5.41) is 0. The van der Waals surface area contributed by atoms with Gasteiger partial charge in [-0.15, -0.1) is 0 Å². The van der Waals surface area contributed by atoms with Crippen molar-refractivity contribution in [2.24, 2.45) is 47.3 Å². The zero-order chi connectivity index (χ0) is 18.8. The average Bonchev–Trinajstić information content (AvgIpc) is 3.18. The first kappa shape index (κ1) is 24.1. The van der Waals surface area contributed by atoms with Crippen LogP contribution < -0.4 is 24.8 Å². The van der Waals surface area contributed by atoms with Gasteiger partial charge in [0.2, 0.25) is 0 Å². The fraction of sp³-hybridized carbons (Fsp3) is 0.692. The molecule has 0 bridgehead atoms. The Morgan fingerprint density at radius 1 is 0.621 bits per heavy atom. The van der Waals surface area contributed by atoms with Gasteiger partial charge in [-0.3, -0.25) is 0 Å². The minimum Gasteiger partial charge on any atom is -1.00 e. The molecule has 0 amide bonds. The standard InChI is InChI=1S/2C12H17.C2H4.2ClH.Zr/c2*1-9(2)12-7-10-5-3-4-6-11(10)8-12;1-2;;;/h2*3-7,9-12H,8H2,1-2H3;1-2H2;2*1H;/q;;;;;+2/p-2. The fourth-order valence-electron chi connectivity index (χ4n) is 8.10. The molecule has 0 aromatic heterocycles. The Morgan fingerprint density at radius 3 is 1.34 bits per heavy atom. The summed E-state index contributed by atoms with van der Waals surface area (Å²) in [5.41, 5.74) is 0. The van der Waals surface area contributed by atoms with Crippen molar-refractivity contribution in [2.75, 3.05) is 0 Å². The van der Waals surface area contributed by atoms with Crippen molar-refractivity contribution in [3.63, 3.8) is 0 Å². The van der Waals surface area contributed by atoms with Crippen LogP contribution in [0.4, 0.5) is 0 Å². The van der Waals surface area contributed by atoms with Crippen LogP contribution in [0.5, 0.6) is 0 Å². The van der Waals surface area contributed by atoms with Gasteiger partial charge < -0.3 is 24.8 Å². The topological polar surface area (TPSA) is 0 Å². The summed E-state index contributed by atoms with van der Waals surface area (Å²) < 4.78 is 5.65. The summed E-state index contributed by atoms with van der Waals surface area (Å²) in [7, 11) is 0. The van der Waals surface area contributed by atoms with Crippen LogP contribution in [0.1, 0.15) is 40.5 Å². The van der Waals surface area contributed by atoms with Gasteiger partial charge in [-0.2, -0.15) is 0 Å². The molecule has 29 heavy (non-hydrogen) atoms. The van der Waals surface area contributed by atoms with Gasteiger partial charge in [0.25, 0.3) is 0 Å². The summed E-state index contributed by atoms with van der Waals surface area (Å²) >= 11 is -2.17. The van der Waals surface area contributed by atoms with Crippen LogP contribution in [0.3, 0.4) is 0 Å². The van der Waals surface area contributed by atoms with Crippen LogP contribution >= 0.6 is 0 Å². The van der Waals surface area contributed by atoms with E-state index in [1.807, 2.05) is 0 Å². The maximum Gasteiger partial charge on any atom is -1.00 e. The summed E-state index contributed by atoms with van der Waals surface area (Å²) in [6.45, 7) is 10.1. The third kappa shape index (κ3) is 3.89. The fourth-order valence-corrected chi connectivity index (χ4v) is 29.7. The first-order valence-electron chi connectivity index (χ1n) is 11.7. The molecule has 0 spiro atoms. The second-order valence-electron chi connectivity index (χ2n) is 11.1. The number of hydrogen-bond donors (Lipinski definition) is 0. The smallest absolute Gasteiger partial charge is 1.00 e. The third-order valence-electron chi connectivity index (χ3n) is 9.30. The van der Waals surface area contributed by atoms with Crippen molar-refractivity contribution in [1.82, 2.24) is 0 Å². The molecule has 1 saturated heterocycles. The molecule has 1 aliphatic heterocycles. The van der Waals surface area contributed by atoms with Crippen molar-refractivity contribution in [2.45, 2.75) is 56.0 Å². The van der Waals surface area contributed by atoms with E-state index in [0.717, 1.165) is 54.6 Å². The van der Waals surface area contributed by atoms with E-state index in [9.17, 15) is 0 Å². The molecule has 0 radical (unpaired) electrons. The SMILES string of the molecule is CC(C)C1CC2C=CC=CC2[CH]1[Zr+2]1([CH]2C3C=CC=CC3CC2C(C)C)[CH2][CH2]1.[Cl-].[Cl-]. The van der Waals surface area contributed by atoms with Gasteiger partial charge in [-0.05, 0) is 0 Å². The molecule has 8 unspecified atom stereocenters. The Balaban J connectivity index is 0.00000120. The Bertz CT molecular complexity index is 643. The molecule has 3 heteroatoms. The molecule has 160 valence electrons. The first-order valence-corrected chi connectivity index (χ1v) is 18.0. The maximum atomic E-state index is 2.65. The molecule has 0 N–H and O–H groups in total. The Labute approximate surface area is 196 Å². The van der Waals surface area contributed by atoms with Gasteiger partial charge in [0, 0.05) is 0 Å². The van der Waals surface area contributed by atoms with Crippen molar-refractivity contribution in [3.8, 4) is 0 Å². The number of rotatable bonds is 4. The number of halogens is 2. The van der Waals surface area contributed by atoms with Gasteiger partial charge in [-0.1, -0.05) is 0 Å². The zero-order valence-electron chi connectivity index (χ0n) is 18.5. The van der Waals surface area contributed by atoms with Crippen molar-refractivity contribution < 1.29 is 45.1 Å². The Hall–Kier alpha value is 0.423. The summed E-state index contributed by atoms with van der Waals surface area (Å²) in [6.07, 6.45) is 22.9. The largest absolute Gasteiger partial charge is 1.00 e. The van der Waals surface area contributed by atoms with E-state index in [0.29, 0.717) is 0 Å². The second kappa shape index (κ2) is 9.12. The molecule has 0 nitrogen and oxygen atoms in total. The maximum absolute atomic E-state index is 2.65. The van der Waals surface area contributed by atoms with E-state index < -0.39 is 20.3 Å². The Kier molecular flexibility index (Phi) is 7.57. The van der Waals surface area contributed by atoms with Gasteiger partial charge in [0.1, 0.15) is 0 Å². The van der Waals surface area contributed by atoms with E-state index >= 15 is 0 Å². The van der Waals surface area contributed by atoms with E-state index in [2.05, 4.69) is 76.3 Å².